The molecule has 1 N–H and O–H groups in total. The van der Waals surface area contributed by atoms with Gasteiger partial charge in [-0.15, -0.1) is 0 Å². The first kappa shape index (κ1) is 23.0. The van der Waals surface area contributed by atoms with Gasteiger partial charge in [0.25, 0.3) is 0 Å². The van der Waals surface area contributed by atoms with Gasteiger partial charge in [-0.25, -0.2) is 9.78 Å². The average Bonchev–Trinajstić information content (AvgIpc) is 3.38. The van der Waals surface area contributed by atoms with E-state index in [9.17, 15) is 14.7 Å². The second-order valence-electron chi connectivity index (χ2n) is 7.61. The van der Waals surface area contributed by atoms with Crippen LogP contribution in [0, 0.1) is 13.8 Å². The zero-order valence-electron chi connectivity index (χ0n) is 18.8. The first-order chi connectivity index (χ1) is 16.4. The molecule has 0 saturated carbocycles. The predicted molar refractivity (Wildman–Crippen MR) is 118 cm³/mol. The molecule has 0 spiro atoms. The van der Waals surface area contributed by atoms with Crippen molar-refractivity contribution in [3.05, 3.63) is 65.4 Å². The molecule has 178 valence electrons. The summed E-state index contributed by atoms with van der Waals surface area (Å²) in [5, 5.41) is 9.28. The Morgan fingerprint density at radius 1 is 1.09 bits per heavy atom. The Kier molecular flexibility index (Phi) is 6.86. The van der Waals surface area contributed by atoms with E-state index in [-0.39, 0.29) is 19.1 Å². The second kappa shape index (κ2) is 10.2. The zero-order valence-corrected chi connectivity index (χ0v) is 18.8. The third-order valence-electron chi connectivity index (χ3n) is 5.01. The van der Waals surface area contributed by atoms with Crippen molar-refractivity contribution in [2.45, 2.75) is 26.8 Å². The third kappa shape index (κ3) is 5.77. The Morgan fingerprint density at radius 2 is 1.91 bits per heavy atom. The highest BCUT2D eigenvalue weighted by Crippen LogP contribution is 2.35. The number of carboxylic acids is 1. The lowest BCUT2D eigenvalue weighted by Crippen LogP contribution is -2.37. The van der Waals surface area contributed by atoms with Gasteiger partial charge in [0.1, 0.15) is 23.8 Å². The minimum absolute atomic E-state index is 0.0223. The maximum Gasteiger partial charge on any atom is 0.416 e. The molecule has 0 atom stereocenters. The van der Waals surface area contributed by atoms with E-state index in [1.807, 2.05) is 6.92 Å². The molecule has 1 aliphatic rings. The van der Waals surface area contributed by atoms with Crippen LogP contribution in [-0.2, 0) is 17.8 Å². The quantitative estimate of drug-likeness (QED) is 0.501. The number of amides is 1. The fourth-order valence-electron chi connectivity index (χ4n) is 3.48. The van der Waals surface area contributed by atoms with E-state index < -0.39 is 18.6 Å². The Balaban J connectivity index is 1.38. The number of rotatable bonds is 9. The summed E-state index contributed by atoms with van der Waals surface area (Å²) in [6.45, 7) is 3.63. The van der Waals surface area contributed by atoms with Crippen molar-refractivity contribution < 1.29 is 38.1 Å². The standard InChI is InChI=1S/C24H24N2O8/c1-15-20(25-16(2)33-15)8-9-30-18-5-3-4-17(10-18)12-26(13-23(27)28)24(29)34-19-6-7-21-22(11-19)32-14-31-21/h3-7,10-11H,8-9,12-14H2,1-2H3,(H,27,28). The van der Waals surface area contributed by atoms with Crippen molar-refractivity contribution in [2.24, 2.45) is 0 Å². The molecule has 1 aromatic heterocycles. The van der Waals surface area contributed by atoms with Gasteiger partial charge < -0.3 is 28.5 Å². The van der Waals surface area contributed by atoms with Gasteiger partial charge in [0.15, 0.2) is 17.4 Å². The van der Waals surface area contributed by atoms with E-state index in [0.29, 0.717) is 41.7 Å². The number of aliphatic carboxylic acids is 1. The van der Waals surface area contributed by atoms with Crippen molar-refractivity contribution in [3.8, 4) is 23.0 Å². The molecule has 4 rings (SSSR count). The highest BCUT2D eigenvalue weighted by Gasteiger charge is 2.21. The monoisotopic (exact) mass is 468 g/mol. The van der Waals surface area contributed by atoms with Crippen LogP contribution in [-0.4, -0.2) is 47.0 Å². The maximum atomic E-state index is 12.7. The van der Waals surface area contributed by atoms with E-state index >= 15 is 0 Å². The molecular formula is C24H24N2O8. The number of carbonyl (C=O) groups excluding carboxylic acids is 1. The number of fused-ring (bicyclic) bond motifs is 1. The number of hydrogen-bond donors (Lipinski definition) is 1. The van der Waals surface area contributed by atoms with Gasteiger partial charge in [-0.1, -0.05) is 12.1 Å². The number of nitrogens with zero attached hydrogens (tertiary/aromatic N) is 2. The predicted octanol–water partition coefficient (Wildman–Crippen LogP) is 3.73. The lowest BCUT2D eigenvalue weighted by molar-refractivity contribution is -0.138. The van der Waals surface area contributed by atoms with Crippen molar-refractivity contribution in [1.29, 1.82) is 0 Å². The van der Waals surface area contributed by atoms with Crippen LogP contribution in [0.1, 0.15) is 22.9 Å². The number of oxazole rings is 1. The van der Waals surface area contributed by atoms with Crippen LogP contribution < -0.4 is 18.9 Å². The largest absolute Gasteiger partial charge is 0.493 e. The van der Waals surface area contributed by atoms with Crippen LogP contribution in [0.15, 0.2) is 46.9 Å². The number of carbonyl (C=O) groups is 2. The Morgan fingerprint density at radius 3 is 2.68 bits per heavy atom. The highest BCUT2D eigenvalue weighted by molar-refractivity contribution is 5.78. The van der Waals surface area contributed by atoms with Gasteiger partial charge in [-0.05, 0) is 36.8 Å². The minimum Gasteiger partial charge on any atom is -0.493 e. The molecule has 3 aromatic rings. The molecule has 2 heterocycles. The van der Waals surface area contributed by atoms with Crippen molar-refractivity contribution in [3.63, 3.8) is 0 Å². The summed E-state index contributed by atoms with van der Waals surface area (Å²) >= 11 is 0. The lowest BCUT2D eigenvalue weighted by atomic mass is 10.2. The van der Waals surface area contributed by atoms with Gasteiger partial charge in [-0.3, -0.25) is 9.69 Å². The summed E-state index contributed by atoms with van der Waals surface area (Å²) in [6.07, 6.45) is -0.218. The fraction of sp³-hybridized carbons (Fsp3) is 0.292. The molecule has 10 nitrogen and oxygen atoms in total. The maximum absolute atomic E-state index is 12.7. The topological polar surface area (TPSA) is 121 Å². The molecule has 1 aliphatic heterocycles. The van der Waals surface area contributed by atoms with Gasteiger partial charge in [0.05, 0.1) is 12.3 Å². The lowest BCUT2D eigenvalue weighted by Gasteiger charge is -2.20. The summed E-state index contributed by atoms with van der Waals surface area (Å²) < 4.78 is 27.1. The molecule has 0 fully saturated rings. The highest BCUT2D eigenvalue weighted by atomic mass is 16.7. The average molecular weight is 468 g/mol. The summed E-state index contributed by atoms with van der Waals surface area (Å²) in [4.78, 5) is 29.5. The number of hydrogen-bond acceptors (Lipinski definition) is 8. The molecule has 10 heteroatoms. The van der Waals surface area contributed by atoms with Crippen LogP contribution in [0.4, 0.5) is 4.79 Å². The Bertz CT molecular complexity index is 1190. The molecule has 0 radical (unpaired) electrons. The minimum atomic E-state index is -1.16. The molecule has 1 amide bonds. The Hall–Kier alpha value is -4.21. The normalized spacial score (nSPS) is 11.8. The van der Waals surface area contributed by atoms with Gasteiger partial charge in [0, 0.05) is 26.0 Å². The zero-order chi connectivity index (χ0) is 24.1. The first-order valence-corrected chi connectivity index (χ1v) is 10.6. The summed E-state index contributed by atoms with van der Waals surface area (Å²) in [6, 6.07) is 11.8. The SMILES string of the molecule is Cc1nc(CCOc2cccc(CN(CC(=O)O)C(=O)Oc3ccc4c(c3)OCO4)c2)c(C)o1. The molecular weight excluding hydrogens is 444 g/mol. The summed E-state index contributed by atoms with van der Waals surface area (Å²) in [5.41, 5.74) is 1.53. The van der Waals surface area contributed by atoms with E-state index in [1.54, 1.807) is 43.3 Å². The van der Waals surface area contributed by atoms with Crippen LogP contribution in [0.5, 0.6) is 23.0 Å². The smallest absolute Gasteiger partial charge is 0.416 e. The number of ether oxygens (including phenoxy) is 4. The second-order valence-corrected chi connectivity index (χ2v) is 7.61. The molecule has 0 bridgehead atoms. The number of aromatic nitrogens is 1. The third-order valence-corrected chi connectivity index (χ3v) is 5.01. The van der Waals surface area contributed by atoms with E-state index in [1.165, 1.54) is 6.07 Å². The molecule has 34 heavy (non-hydrogen) atoms. The van der Waals surface area contributed by atoms with E-state index in [2.05, 4.69) is 4.98 Å². The fourth-order valence-corrected chi connectivity index (χ4v) is 3.48. The van der Waals surface area contributed by atoms with Crippen molar-refractivity contribution >= 4 is 12.1 Å². The van der Waals surface area contributed by atoms with Gasteiger partial charge in [0.2, 0.25) is 6.79 Å². The van der Waals surface area contributed by atoms with Gasteiger partial charge in [-0.2, -0.15) is 0 Å². The number of carboxylic acid groups (broad SMARTS) is 1. The summed E-state index contributed by atoms with van der Waals surface area (Å²) in [5.74, 6) is 2.03. The first-order valence-electron chi connectivity index (χ1n) is 10.6. The van der Waals surface area contributed by atoms with Crippen LogP contribution in [0.25, 0.3) is 0 Å². The van der Waals surface area contributed by atoms with Gasteiger partial charge >= 0.3 is 12.1 Å². The number of aryl methyl sites for hydroxylation is 2. The molecule has 0 aliphatic carbocycles. The molecule has 0 unspecified atom stereocenters. The molecule has 2 aromatic carbocycles. The van der Waals surface area contributed by atoms with Crippen molar-refractivity contribution in [1.82, 2.24) is 9.88 Å². The van der Waals surface area contributed by atoms with E-state index in [4.69, 9.17) is 23.4 Å². The Labute approximate surface area is 195 Å². The molecule has 0 saturated heterocycles. The van der Waals surface area contributed by atoms with E-state index in [0.717, 1.165) is 16.4 Å². The van der Waals surface area contributed by atoms with Crippen LogP contribution in [0.3, 0.4) is 0 Å². The number of benzene rings is 2. The summed E-state index contributed by atoms with van der Waals surface area (Å²) in [7, 11) is 0. The van der Waals surface area contributed by atoms with Crippen molar-refractivity contribution in [2.75, 3.05) is 19.9 Å². The van der Waals surface area contributed by atoms with Crippen LogP contribution >= 0.6 is 0 Å². The van der Waals surface area contributed by atoms with Crippen LogP contribution in [0.2, 0.25) is 0 Å².